The van der Waals surface area contributed by atoms with Gasteiger partial charge in [-0.2, -0.15) is 5.10 Å². The average molecular weight is 344 g/mol. The summed E-state index contributed by atoms with van der Waals surface area (Å²) in [5.41, 5.74) is 3.13. The molecular weight excluding hydrogens is 328 g/mol. The van der Waals surface area contributed by atoms with Gasteiger partial charge in [0.05, 0.1) is 11.9 Å². The minimum absolute atomic E-state index is 0.0722. The van der Waals surface area contributed by atoms with Crippen LogP contribution in [0.5, 0.6) is 0 Å². The van der Waals surface area contributed by atoms with Gasteiger partial charge in [-0.05, 0) is 30.2 Å². The van der Waals surface area contributed by atoms with Crippen LogP contribution in [0.1, 0.15) is 23.1 Å². The third kappa shape index (κ3) is 1.78. The normalized spacial score (nSPS) is 20.5. The Bertz CT molecular complexity index is 1070. The van der Waals surface area contributed by atoms with E-state index in [1.54, 1.807) is 10.9 Å². The van der Waals surface area contributed by atoms with Crippen molar-refractivity contribution >= 4 is 23.3 Å². The molecule has 3 heterocycles. The number of aromatic nitrogens is 2. The molecule has 2 aliphatic rings. The summed E-state index contributed by atoms with van der Waals surface area (Å²) in [5.74, 6) is 0.183. The molecule has 128 valence electrons. The molecular formula is C20H16N4O2. The lowest BCUT2D eigenvalue weighted by atomic mass is 9.71. The van der Waals surface area contributed by atoms with Crippen molar-refractivity contribution in [1.82, 2.24) is 9.78 Å². The lowest BCUT2D eigenvalue weighted by Crippen LogP contribution is -2.43. The minimum atomic E-state index is -1.04. The molecule has 1 atom stereocenters. The standard InChI is InChI=1S/C20H16N4O2/c1-12-6-5-9-14-17(12)23-19(26)20(14)10-16(25)22-18-15(20)11-21-24(18)13-7-3-2-4-8-13/h2-9,11H,10H2,1H3,(H,22,25)(H,23,26). The molecule has 3 aromatic rings. The summed E-state index contributed by atoms with van der Waals surface area (Å²) in [4.78, 5) is 25.7. The first-order valence-electron chi connectivity index (χ1n) is 8.46. The highest BCUT2D eigenvalue weighted by Gasteiger charge is 2.54. The summed E-state index contributed by atoms with van der Waals surface area (Å²) >= 11 is 0. The molecule has 2 amide bonds. The van der Waals surface area contributed by atoms with E-state index in [2.05, 4.69) is 15.7 Å². The van der Waals surface area contributed by atoms with Crippen molar-refractivity contribution in [2.24, 2.45) is 0 Å². The molecule has 26 heavy (non-hydrogen) atoms. The van der Waals surface area contributed by atoms with Crippen LogP contribution in [0.3, 0.4) is 0 Å². The van der Waals surface area contributed by atoms with Gasteiger partial charge < -0.3 is 10.6 Å². The molecule has 1 unspecified atom stereocenters. The maximum Gasteiger partial charge on any atom is 0.240 e. The fourth-order valence-electron chi connectivity index (χ4n) is 4.03. The number of hydrogen-bond donors (Lipinski definition) is 2. The second kappa shape index (κ2) is 5.05. The van der Waals surface area contributed by atoms with E-state index in [1.165, 1.54) is 0 Å². The Morgan fingerprint density at radius 2 is 1.81 bits per heavy atom. The molecule has 2 aliphatic heterocycles. The summed E-state index contributed by atoms with van der Waals surface area (Å²) in [6.07, 6.45) is 1.77. The third-order valence-electron chi connectivity index (χ3n) is 5.27. The van der Waals surface area contributed by atoms with E-state index in [9.17, 15) is 9.59 Å². The van der Waals surface area contributed by atoms with Gasteiger partial charge in [0.25, 0.3) is 0 Å². The van der Waals surface area contributed by atoms with Crippen molar-refractivity contribution in [1.29, 1.82) is 0 Å². The molecule has 5 rings (SSSR count). The Balaban J connectivity index is 1.79. The van der Waals surface area contributed by atoms with E-state index in [0.29, 0.717) is 5.82 Å². The quantitative estimate of drug-likeness (QED) is 0.713. The first-order valence-corrected chi connectivity index (χ1v) is 8.46. The van der Waals surface area contributed by atoms with Gasteiger partial charge >= 0.3 is 0 Å². The Morgan fingerprint density at radius 3 is 2.62 bits per heavy atom. The van der Waals surface area contributed by atoms with Gasteiger partial charge in [0, 0.05) is 17.7 Å². The van der Waals surface area contributed by atoms with Gasteiger partial charge in [-0.25, -0.2) is 4.68 Å². The fourth-order valence-corrected chi connectivity index (χ4v) is 4.03. The number of carbonyl (C=O) groups is 2. The topological polar surface area (TPSA) is 76.0 Å². The van der Waals surface area contributed by atoms with E-state index < -0.39 is 5.41 Å². The predicted molar refractivity (Wildman–Crippen MR) is 97.4 cm³/mol. The van der Waals surface area contributed by atoms with Crippen LogP contribution < -0.4 is 10.6 Å². The molecule has 1 spiro atoms. The minimum Gasteiger partial charge on any atom is -0.324 e. The Hall–Kier alpha value is -3.41. The Labute approximate surface area is 149 Å². The number of carbonyl (C=O) groups excluding carboxylic acids is 2. The third-order valence-corrected chi connectivity index (χ3v) is 5.27. The van der Waals surface area contributed by atoms with Crippen LogP contribution in [0.2, 0.25) is 0 Å². The van der Waals surface area contributed by atoms with Gasteiger partial charge in [0.1, 0.15) is 11.2 Å². The van der Waals surface area contributed by atoms with E-state index in [0.717, 1.165) is 28.1 Å². The summed E-state index contributed by atoms with van der Waals surface area (Å²) in [5, 5.41) is 10.4. The number of nitrogens with one attached hydrogen (secondary N) is 2. The van der Waals surface area contributed by atoms with Crippen LogP contribution in [0.25, 0.3) is 5.69 Å². The number of anilines is 2. The molecule has 0 saturated heterocycles. The number of amides is 2. The summed E-state index contributed by atoms with van der Waals surface area (Å²) in [6.45, 7) is 1.95. The summed E-state index contributed by atoms with van der Waals surface area (Å²) in [6, 6.07) is 15.3. The van der Waals surface area contributed by atoms with Gasteiger partial charge in [0.15, 0.2) is 0 Å². The van der Waals surface area contributed by atoms with Crippen molar-refractivity contribution in [2.75, 3.05) is 10.6 Å². The maximum absolute atomic E-state index is 13.1. The number of aryl methyl sites for hydroxylation is 1. The highest BCUT2D eigenvalue weighted by molar-refractivity contribution is 6.15. The molecule has 6 nitrogen and oxygen atoms in total. The Kier molecular flexibility index (Phi) is 2.89. The lowest BCUT2D eigenvalue weighted by molar-refractivity contribution is -0.125. The number of benzene rings is 2. The lowest BCUT2D eigenvalue weighted by Gasteiger charge is -2.31. The van der Waals surface area contributed by atoms with Crippen molar-refractivity contribution < 1.29 is 9.59 Å². The highest BCUT2D eigenvalue weighted by atomic mass is 16.2. The van der Waals surface area contributed by atoms with Crippen LogP contribution in [0.4, 0.5) is 11.5 Å². The maximum atomic E-state index is 13.1. The summed E-state index contributed by atoms with van der Waals surface area (Å²) in [7, 11) is 0. The Morgan fingerprint density at radius 1 is 1.00 bits per heavy atom. The summed E-state index contributed by atoms with van der Waals surface area (Å²) < 4.78 is 1.68. The average Bonchev–Trinajstić information content (AvgIpc) is 3.18. The number of rotatable bonds is 1. The number of hydrogen-bond acceptors (Lipinski definition) is 3. The zero-order chi connectivity index (χ0) is 17.9. The molecule has 2 N–H and O–H groups in total. The van der Waals surface area contributed by atoms with Gasteiger partial charge in [-0.3, -0.25) is 9.59 Å². The largest absolute Gasteiger partial charge is 0.324 e. The zero-order valence-electron chi connectivity index (χ0n) is 14.1. The smallest absolute Gasteiger partial charge is 0.240 e. The van der Waals surface area contributed by atoms with E-state index >= 15 is 0 Å². The molecule has 6 heteroatoms. The van der Waals surface area contributed by atoms with Gasteiger partial charge in [-0.15, -0.1) is 0 Å². The molecule has 0 fully saturated rings. The van der Waals surface area contributed by atoms with E-state index in [4.69, 9.17) is 0 Å². The second-order valence-corrected chi connectivity index (χ2v) is 6.74. The molecule has 0 aliphatic carbocycles. The molecule has 2 aromatic carbocycles. The predicted octanol–water partition coefficient (Wildman–Crippen LogP) is 2.76. The van der Waals surface area contributed by atoms with Crippen LogP contribution in [-0.2, 0) is 15.0 Å². The number of para-hydroxylation sites is 2. The highest BCUT2D eigenvalue weighted by Crippen LogP contribution is 2.50. The van der Waals surface area contributed by atoms with Crippen LogP contribution in [-0.4, -0.2) is 21.6 Å². The molecule has 0 bridgehead atoms. The van der Waals surface area contributed by atoms with Crippen LogP contribution in [0.15, 0.2) is 54.7 Å². The SMILES string of the molecule is Cc1cccc2c1NC(=O)C21CC(=O)Nc2c1cnn2-c1ccccc1. The van der Waals surface area contributed by atoms with Gasteiger partial charge in [0.2, 0.25) is 11.8 Å². The van der Waals surface area contributed by atoms with Crippen molar-refractivity contribution in [3.63, 3.8) is 0 Å². The molecule has 0 radical (unpaired) electrons. The molecule has 0 saturated carbocycles. The van der Waals surface area contributed by atoms with Crippen LogP contribution >= 0.6 is 0 Å². The van der Waals surface area contributed by atoms with E-state index in [1.807, 2.05) is 55.5 Å². The van der Waals surface area contributed by atoms with Crippen molar-refractivity contribution in [3.8, 4) is 5.69 Å². The first kappa shape index (κ1) is 14.9. The second-order valence-electron chi connectivity index (χ2n) is 6.74. The molecule has 1 aromatic heterocycles. The number of fused-ring (bicyclic) bond motifs is 4. The zero-order valence-corrected chi connectivity index (χ0v) is 14.1. The van der Waals surface area contributed by atoms with Crippen molar-refractivity contribution in [2.45, 2.75) is 18.8 Å². The number of nitrogens with zero attached hydrogens (tertiary/aromatic N) is 2. The first-order chi connectivity index (χ1) is 12.6. The van der Waals surface area contributed by atoms with Crippen LogP contribution in [0, 0.1) is 6.92 Å². The monoisotopic (exact) mass is 344 g/mol. The fraction of sp³-hybridized carbons (Fsp3) is 0.150. The van der Waals surface area contributed by atoms with Crippen molar-refractivity contribution in [3.05, 3.63) is 71.4 Å². The van der Waals surface area contributed by atoms with E-state index in [-0.39, 0.29) is 18.2 Å². The van der Waals surface area contributed by atoms with Gasteiger partial charge in [-0.1, -0.05) is 36.4 Å².